The summed E-state index contributed by atoms with van der Waals surface area (Å²) in [6.45, 7) is 16.8. The lowest BCUT2D eigenvalue weighted by molar-refractivity contribution is 1.06. The van der Waals surface area contributed by atoms with Crippen LogP contribution in [0.5, 0.6) is 0 Å². The molecule has 3 aromatic rings. The number of allylic oxidation sites excluding steroid dienone is 4. The van der Waals surface area contributed by atoms with Gasteiger partial charge >= 0.3 is 0 Å². The first-order valence-electron chi connectivity index (χ1n) is 17.6. The van der Waals surface area contributed by atoms with Crippen molar-refractivity contribution in [1.29, 1.82) is 0 Å². The molecule has 0 fully saturated rings. The molecule has 6 nitrogen and oxygen atoms in total. The molecule has 3 aromatic carbocycles. The summed E-state index contributed by atoms with van der Waals surface area (Å²) in [5, 5.41) is 4.50. The highest BCUT2D eigenvalue weighted by atomic mass is 28.3. The van der Waals surface area contributed by atoms with Crippen LogP contribution >= 0.6 is 0 Å². The third-order valence-corrected chi connectivity index (χ3v) is 17.4. The molecule has 4 rings (SSSR count). The van der Waals surface area contributed by atoms with E-state index in [1.165, 1.54) is 88.7 Å². The molecule has 7 heteroatoms. The number of rotatable bonds is 10. The molecule has 0 saturated carbocycles. The zero-order valence-electron chi connectivity index (χ0n) is 34.2. The summed E-state index contributed by atoms with van der Waals surface area (Å²) in [6, 6.07) is 14.2. The largest absolute Gasteiger partial charge is 0.378 e. The topological polar surface area (TPSA) is 19.4 Å². The molecule has 0 unspecified atom stereocenters. The predicted octanol–water partition coefficient (Wildman–Crippen LogP) is 6.53. The highest BCUT2D eigenvalue weighted by Gasteiger charge is 2.56. The van der Waals surface area contributed by atoms with Crippen molar-refractivity contribution in [2.24, 2.45) is 0 Å². The number of nitrogens with zero attached hydrogens (tertiary/aromatic N) is 6. The first kappa shape index (κ1) is 38.0. The molecule has 0 saturated heterocycles. The van der Waals surface area contributed by atoms with E-state index < -0.39 is 8.07 Å². The summed E-state index contributed by atoms with van der Waals surface area (Å²) in [5.74, 6) is 0. The third-order valence-electron chi connectivity index (χ3n) is 11.4. The van der Waals surface area contributed by atoms with E-state index in [2.05, 4.69) is 199 Å². The Morgan fingerprint density at radius 3 is 0.755 bits per heavy atom. The van der Waals surface area contributed by atoms with Gasteiger partial charge in [0.1, 0.15) is 0 Å². The minimum atomic E-state index is -3.21. The lowest BCUT2D eigenvalue weighted by Crippen LogP contribution is -2.73. The van der Waals surface area contributed by atoms with Crippen molar-refractivity contribution in [3.63, 3.8) is 0 Å². The fourth-order valence-electron chi connectivity index (χ4n) is 8.93. The molecule has 0 heterocycles. The van der Waals surface area contributed by atoms with Gasteiger partial charge in [-0.15, -0.1) is 0 Å². The van der Waals surface area contributed by atoms with Gasteiger partial charge < -0.3 is 29.4 Å². The first-order valence-corrected chi connectivity index (χ1v) is 19.6. The summed E-state index contributed by atoms with van der Waals surface area (Å²) >= 11 is 0. The van der Waals surface area contributed by atoms with E-state index in [4.69, 9.17) is 0 Å². The molecule has 0 bridgehead atoms. The highest BCUT2D eigenvalue weighted by Crippen LogP contribution is 2.50. The van der Waals surface area contributed by atoms with Gasteiger partial charge in [0.25, 0.3) is 0 Å². The lowest BCUT2D eigenvalue weighted by atomic mass is 10.1. The number of benzene rings is 3. The Balaban J connectivity index is 2.64. The van der Waals surface area contributed by atoms with Crippen LogP contribution in [0.3, 0.4) is 0 Å². The molecule has 0 N–H and O–H groups in total. The van der Waals surface area contributed by atoms with E-state index >= 15 is 0 Å². The van der Waals surface area contributed by atoms with Crippen LogP contribution in [0.2, 0.25) is 5.54 Å². The molecule has 1 aliphatic carbocycles. The van der Waals surface area contributed by atoms with Gasteiger partial charge in [0.05, 0.1) is 0 Å². The SMILES string of the molecule is CC1=C(C)C([Si](c2c(N(C)C)ccc(N(C)C)c2C)(c2c(N(C)C)ccc(N(C)C)c2C)c2c(N(C)C)ccc(N(C)C)c2C)C(C)=C1C. The second kappa shape index (κ2) is 13.8. The Bertz CT molecular complexity index is 1620. The number of hydrogen-bond acceptors (Lipinski definition) is 6. The predicted molar refractivity (Wildman–Crippen MR) is 225 cm³/mol. The van der Waals surface area contributed by atoms with E-state index in [0.717, 1.165) is 0 Å². The van der Waals surface area contributed by atoms with Crippen molar-refractivity contribution in [3.05, 3.63) is 75.4 Å². The highest BCUT2D eigenvalue weighted by molar-refractivity contribution is 7.16. The quantitative estimate of drug-likeness (QED) is 0.178. The van der Waals surface area contributed by atoms with Crippen LogP contribution < -0.4 is 45.0 Å². The molecule has 0 radical (unpaired) electrons. The summed E-state index contributed by atoms with van der Waals surface area (Å²) in [5.41, 5.74) is 17.9. The average molecular weight is 681 g/mol. The molecule has 0 amide bonds. The molecule has 0 atom stereocenters. The Kier molecular flexibility index (Phi) is 10.7. The van der Waals surface area contributed by atoms with Crippen molar-refractivity contribution in [2.45, 2.75) is 54.0 Å². The minimum absolute atomic E-state index is 0.201. The third kappa shape index (κ3) is 5.92. The summed E-state index contributed by atoms with van der Waals surface area (Å²) in [7, 11) is 23.3. The second-order valence-electron chi connectivity index (χ2n) is 15.5. The second-order valence-corrected chi connectivity index (χ2v) is 19.2. The maximum absolute atomic E-state index is 3.21. The number of anilines is 6. The van der Waals surface area contributed by atoms with Crippen molar-refractivity contribution < 1.29 is 0 Å². The van der Waals surface area contributed by atoms with Gasteiger partial charge in [0, 0.05) is 124 Å². The average Bonchev–Trinajstić information content (AvgIpc) is 3.20. The fraction of sp³-hybridized carbons (Fsp3) is 0.476. The van der Waals surface area contributed by atoms with Crippen LogP contribution in [0.4, 0.5) is 34.1 Å². The molecule has 49 heavy (non-hydrogen) atoms. The van der Waals surface area contributed by atoms with Crippen LogP contribution in [0.1, 0.15) is 44.4 Å². The van der Waals surface area contributed by atoms with Crippen molar-refractivity contribution in [1.82, 2.24) is 0 Å². The van der Waals surface area contributed by atoms with Gasteiger partial charge in [-0.2, -0.15) is 0 Å². The van der Waals surface area contributed by atoms with Gasteiger partial charge in [0.2, 0.25) is 0 Å². The van der Waals surface area contributed by atoms with E-state index in [9.17, 15) is 0 Å². The maximum Gasteiger partial charge on any atom is 0.168 e. The molecule has 0 aliphatic heterocycles. The Hall–Kier alpha value is -3.84. The summed E-state index contributed by atoms with van der Waals surface area (Å²) < 4.78 is 0. The Labute approximate surface area is 300 Å². The van der Waals surface area contributed by atoms with E-state index in [-0.39, 0.29) is 5.54 Å². The smallest absolute Gasteiger partial charge is 0.168 e. The lowest BCUT2D eigenvalue weighted by Gasteiger charge is -2.48. The van der Waals surface area contributed by atoms with E-state index in [1.807, 2.05) is 0 Å². The van der Waals surface area contributed by atoms with Crippen molar-refractivity contribution in [3.8, 4) is 0 Å². The van der Waals surface area contributed by atoms with Crippen LogP contribution in [0, 0.1) is 20.8 Å². The molecule has 266 valence electrons. The number of hydrogen-bond donors (Lipinski definition) is 0. The molecule has 1 aliphatic rings. The van der Waals surface area contributed by atoms with Gasteiger partial charge in [-0.25, -0.2) is 0 Å². The van der Waals surface area contributed by atoms with Gasteiger partial charge in [0.15, 0.2) is 8.07 Å². The standard InChI is InChI=1S/C42H64N6Si/c1-26-27(2)29(4)39(28(26)3)49(40-30(5)33(43(8)9)20-23-36(40)46(14)15,41-31(6)34(44(10)11)21-24-37(41)47(16)17)42-32(7)35(45(12)13)22-25-38(42)48(18)19/h20-25,39H,1-19H3. The van der Waals surface area contributed by atoms with Gasteiger partial charge in [-0.3, -0.25) is 0 Å². The summed E-state index contributed by atoms with van der Waals surface area (Å²) in [6.07, 6.45) is 0. The molecule has 0 aromatic heterocycles. The zero-order valence-corrected chi connectivity index (χ0v) is 35.2. The van der Waals surface area contributed by atoms with Crippen molar-refractivity contribution in [2.75, 3.05) is 114 Å². The Morgan fingerprint density at radius 1 is 0.347 bits per heavy atom. The van der Waals surface area contributed by atoms with Gasteiger partial charge in [-0.1, -0.05) is 11.1 Å². The zero-order chi connectivity index (χ0) is 37.0. The Morgan fingerprint density at radius 2 is 0.551 bits per heavy atom. The molecule has 0 spiro atoms. The molecular weight excluding hydrogens is 617 g/mol. The minimum Gasteiger partial charge on any atom is -0.378 e. The maximum atomic E-state index is 2.43. The summed E-state index contributed by atoms with van der Waals surface area (Å²) in [4.78, 5) is 14.0. The van der Waals surface area contributed by atoms with E-state index in [1.54, 1.807) is 0 Å². The van der Waals surface area contributed by atoms with Crippen LogP contribution in [-0.2, 0) is 0 Å². The van der Waals surface area contributed by atoms with E-state index in [0.29, 0.717) is 0 Å². The normalized spacial score (nSPS) is 13.8. The van der Waals surface area contributed by atoms with Crippen molar-refractivity contribution >= 4 is 57.8 Å². The monoisotopic (exact) mass is 680 g/mol. The van der Waals surface area contributed by atoms with Crippen LogP contribution in [-0.4, -0.2) is 92.6 Å². The fourth-order valence-corrected chi connectivity index (χ4v) is 16.6. The van der Waals surface area contributed by atoms with Crippen LogP contribution in [0.15, 0.2) is 58.7 Å². The first-order chi connectivity index (χ1) is 22.7. The van der Waals surface area contributed by atoms with Crippen LogP contribution in [0.25, 0.3) is 0 Å². The van der Waals surface area contributed by atoms with Gasteiger partial charge in [-0.05, 0) is 128 Å². The molecular formula is C42H64N6Si.